The van der Waals surface area contributed by atoms with Crippen LogP contribution in [0.15, 0.2) is 180 Å². The van der Waals surface area contributed by atoms with Gasteiger partial charge in [0, 0.05) is 27.7 Å². The van der Waals surface area contributed by atoms with E-state index < -0.39 is 5.41 Å². The largest absolute Gasteiger partial charge is 0.456 e. The van der Waals surface area contributed by atoms with Crippen molar-refractivity contribution in [3.05, 3.63) is 209 Å². The molecule has 0 saturated heterocycles. The zero-order chi connectivity index (χ0) is 35.3. The van der Waals surface area contributed by atoms with E-state index in [0.29, 0.717) is 0 Å². The van der Waals surface area contributed by atoms with Crippen LogP contribution in [0.3, 0.4) is 0 Å². The molecule has 1 aromatic heterocycles. The highest BCUT2D eigenvalue weighted by Gasteiger charge is 2.52. The molecule has 0 aliphatic heterocycles. The smallest absolute Gasteiger partial charge is 0.135 e. The Morgan fingerprint density at radius 3 is 1.68 bits per heavy atom. The second kappa shape index (κ2) is 11.2. The van der Waals surface area contributed by atoms with Gasteiger partial charge in [0.2, 0.25) is 0 Å². The number of para-hydroxylation sites is 1. The molecule has 2 aliphatic carbocycles. The molecular weight excluding hydrogens is 643 g/mol. The van der Waals surface area contributed by atoms with E-state index in [4.69, 9.17) is 4.42 Å². The molecule has 2 aliphatic rings. The van der Waals surface area contributed by atoms with Crippen LogP contribution >= 0.6 is 0 Å². The number of nitrogens with zero attached hydrogens (tertiary/aromatic N) is 1. The average Bonchev–Trinajstić information content (AvgIpc) is 3.83. The van der Waals surface area contributed by atoms with Gasteiger partial charge in [-0.25, -0.2) is 0 Å². The zero-order valence-corrected chi connectivity index (χ0v) is 29.6. The lowest BCUT2D eigenvalue weighted by Gasteiger charge is -2.32. The molecule has 8 aromatic carbocycles. The van der Waals surface area contributed by atoms with E-state index >= 15 is 0 Å². The van der Waals surface area contributed by atoms with Gasteiger partial charge >= 0.3 is 0 Å². The van der Waals surface area contributed by atoms with Gasteiger partial charge in [0.25, 0.3) is 0 Å². The minimum Gasteiger partial charge on any atom is -0.456 e. The van der Waals surface area contributed by atoms with Gasteiger partial charge in [-0.15, -0.1) is 0 Å². The Kier molecular flexibility index (Phi) is 6.33. The van der Waals surface area contributed by atoms with Crippen LogP contribution in [0, 0.1) is 13.8 Å². The topological polar surface area (TPSA) is 16.4 Å². The second-order valence-electron chi connectivity index (χ2n) is 14.5. The molecule has 0 unspecified atom stereocenters. The van der Waals surface area contributed by atoms with Crippen LogP contribution in [0.4, 0.5) is 17.1 Å². The molecule has 0 fully saturated rings. The summed E-state index contributed by atoms with van der Waals surface area (Å²) in [7, 11) is 0. The lowest BCUT2D eigenvalue weighted by molar-refractivity contribution is 0.669. The minimum atomic E-state index is -0.421. The van der Waals surface area contributed by atoms with Gasteiger partial charge < -0.3 is 9.32 Å². The van der Waals surface area contributed by atoms with Crippen molar-refractivity contribution in [2.45, 2.75) is 19.3 Å². The van der Waals surface area contributed by atoms with Crippen molar-refractivity contribution in [3.63, 3.8) is 0 Å². The first-order valence-corrected chi connectivity index (χ1v) is 18.4. The molecule has 0 radical (unpaired) electrons. The molecule has 0 bridgehead atoms. The van der Waals surface area contributed by atoms with Crippen LogP contribution in [-0.4, -0.2) is 0 Å². The summed E-state index contributed by atoms with van der Waals surface area (Å²) >= 11 is 0. The quantitative estimate of drug-likeness (QED) is 0.184. The van der Waals surface area contributed by atoms with Crippen molar-refractivity contribution in [1.29, 1.82) is 0 Å². The Labute approximate surface area is 309 Å². The third-order valence-corrected chi connectivity index (χ3v) is 11.8. The fourth-order valence-corrected chi connectivity index (χ4v) is 9.56. The van der Waals surface area contributed by atoms with Crippen molar-refractivity contribution in [2.75, 3.05) is 4.90 Å². The molecule has 0 amide bonds. The standard InChI is InChI=1S/C51H35NO/c1-32-14-3-4-15-36(32)37-28-26-34(30-33(37)2)52(35-27-29-49-42(31-35)40-18-8-12-25-48(40)53-49)47-24-13-23-46-50(47)41-19-7-11-22-45(41)51(46)43-20-9-5-16-38(43)39-17-6-10-21-44(39)51/h3-31H,1-2H3. The van der Waals surface area contributed by atoms with Gasteiger partial charge in [0.05, 0.1) is 11.1 Å². The molecule has 2 heteroatoms. The summed E-state index contributed by atoms with van der Waals surface area (Å²) in [5, 5.41) is 2.23. The molecular formula is C51H35NO. The number of hydrogen-bond acceptors (Lipinski definition) is 2. The number of furan rings is 1. The Morgan fingerprint density at radius 2 is 0.943 bits per heavy atom. The van der Waals surface area contributed by atoms with Gasteiger partial charge in [0.15, 0.2) is 0 Å². The van der Waals surface area contributed by atoms with E-state index in [1.54, 1.807) is 0 Å². The van der Waals surface area contributed by atoms with E-state index in [1.165, 1.54) is 66.8 Å². The second-order valence-corrected chi connectivity index (χ2v) is 14.5. The maximum absolute atomic E-state index is 6.33. The maximum Gasteiger partial charge on any atom is 0.135 e. The molecule has 53 heavy (non-hydrogen) atoms. The summed E-state index contributed by atoms with van der Waals surface area (Å²) in [6.07, 6.45) is 0. The minimum absolute atomic E-state index is 0.421. The summed E-state index contributed by atoms with van der Waals surface area (Å²) in [6.45, 7) is 4.43. The van der Waals surface area contributed by atoms with E-state index in [0.717, 1.165) is 39.0 Å². The molecule has 1 spiro atoms. The van der Waals surface area contributed by atoms with Gasteiger partial charge in [-0.2, -0.15) is 0 Å². The van der Waals surface area contributed by atoms with E-state index in [-0.39, 0.29) is 0 Å². The van der Waals surface area contributed by atoms with Crippen molar-refractivity contribution in [2.24, 2.45) is 0 Å². The third-order valence-electron chi connectivity index (χ3n) is 11.8. The molecule has 1 heterocycles. The number of hydrogen-bond donors (Lipinski definition) is 0. The molecule has 11 rings (SSSR count). The molecule has 250 valence electrons. The summed E-state index contributed by atoms with van der Waals surface area (Å²) in [5.74, 6) is 0. The predicted molar refractivity (Wildman–Crippen MR) is 220 cm³/mol. The number of anilines is 3. The summed E-state index contributed by atoms with van der Waals surface area (Å²) < 4.78 is 6.33. The first-order valence-electron chi connectivity index (χ1n) is 18.4. The van der Waals surface area contributed by atoms with Crippen LogP contribution in [0.1, 0.15) is 33.4 Å². The predicted octanol–water partition coefficient (Wildman–Crippen LogP) is 13.7. The van der Waals surface area contributed by atoms with E-state index in [2.05, 4.69) is 189 Å². The number of fused-ring (bicyclic) bond motifs is 13. The lowest BCUT2D eigenvalue weighted by Crippen LogP contribution is -2.26. The van der Waals surface area contributed by atoms with E-state index in [9.17, 15) is 0 Å². The molecule has 2 nitrogen and oxygen atoms in total. The monoisotopic (exact) mass is 677 g/mol. The summed E-state index contributed by atoms with van der Waals surface area (Å²) in [5.41, 5.74) is 20.3. The molecule has 9 aromatic rings. The molecule has 0 saturated carbocycles. The van der Waals surface area contributed by atoms with E-state index in [1.807, 2.05) is 6.07 Å². The molecule has 0 atom stereocenters. The first kappa shape index (κ1) is 30.0. The normalized spacial score (nSPS) is 13.2. The Morgan fingerprint density at radius 1 is 0.396 bits per heavy atom. The molecule has 0 N–H and O–H groups in total. The van der Waals surface area contributed by atoms with Gasteiger partial charge in [-0.05, 0) is 118 Å². The van der Waals surface area contributed by atoms with Crippen LogP contribution in [0.2, 0.25) is 0 Å². The fourth-order valence-electron chi connectivity index (χ4n) is 9.56. The lowest BCUT2D eigenvalue weighted by atomic mass is 9.70. The van der Waals surface area contributed by atoms with Crippen molar-refractivity contribution >= 4 is 39.0 Å². The summed E-state index contributed by atoms with van der Waals surface area (Å²) in [4.78, 5) is 2.47. The SMILES string of the molecule is Cc1ccccc1-c1ccc(N(c2ccc3oc4ccccc4c3c2)c2cccc3c2-c2ccccc2C32c3ccccc3-c3ccccc32)cc1C. The van der Waals surface area contributed by atoms with Crippen molar-refractivity contribution < 1.29 is 4.42 Å². The highest BCUT2D eigenvalue weighted by Crippen LogP contribution is 2.64. The van der Waals surface area contributed by atoms with Gasteiger partial charge in [0.1, 0.15) is 11.2 Å². The van der Waals surface area contributed by atoms with Crippen molar-refractivity contribution in [3.8, 4) is 33.4 Å². The maximum atomic E-state index is 6.33. The number of benzene rings is 8. The Hall–Kier alpha value is -6.64. The van der Waals surface area contributed by atoms with Crippen LogP contribution < -0.4 is 4.90 Å². The van der Waals surface area contributed by atoms with Crippen LogP contribution in [-0.2, 0) is 5.41 Å². The Bertz CT molecular complexity index is 2900. The highest BCUT2D eigenvalue weighted by atomic mass is 16.3. The van der Waals surface area contributed by atoms with Gasteiger partial charge in [-0.1, -0.05) is 133 Å². The Balaban J connectivity index is 1.21. The number of rotatable bonds is 4. The van der Waals surface area contributed by atoms with Crippen LogP contribution in [0.5, 0.6) is 0 Å². The highest BCUT2D eigenvalue weighted by molar-refractivity contribution is 6.07. The van der Waals surface area contributed by atoms with Crippen molar-refractivity contribution in [1.82, 2.24) is 0 Å². The third kappa shape index (κ3) is 4.09. The first-order chi connectivity index (χ1) is 26.1. The van der Waals surface area contributed by atoms with Gasteiger partial charge in [-0.3, -0.25) is 0 Å². The summed E-state index contributed by atoms with van der Waals surface area (Å²) in [6, 6.07) is 64.7. The number of aryl methyl sites for hydroxylation is 2. The van der Waals surface area contributed by atoms with Crippen LogP contribution in [0.25, 0.3) is 55.3 Å². The fraction of sp³-hybridized carbons (Fsp3) is 0.0588. The average molecular weight is 678 g/mol. The zero-order valence-electron chi connectivity index (χ0n) is 29.6.